The van der Waals surface area contributed by atoms with Crippen LogP contribution in [0.5, 0.6) is 5.75 Å². The molecule has 4 nitrogen and oxygen atoms in total. The van der Waals surface area contributed by atoms with E-state index in [9.17, 15) is 18.0 Å². The molecular weight excluding hydrogens is 307 g/mol. The van der Waals surface area contributed by atoms with Crippen LogP contribution in [0, 0.1) is 0 Å². The molecule has 0 fully saturated rings. The van der Waals surface area contributed by atoms with Crippen molar-refractivity contribution in [1.29, 1.82) is 0 Å². The molecule has 114 valence electrons. The van der Waals surface area contributed by atoms with E-state index in [0.717, 1.165) is 0 Å². The molecule has 0 radical (unpaired) electrons. The summed E-state index contributed by atoms with van der Waals surface area (Å²) >= 11 is 1.55. The van der Waals surface area contributed by atoms with Crippen LogP contribution in [0.25, 0.3) is 0 Å². The SMILES string of the molecule is COC(=O)C1=C(Nc2ccc(OC(F)(F)F)cc2)CSC1. The highest BCUT2D eigenvalue weighted by Crippen LogP contribution is 2.28. The molecule has 1 aliphatic heterocycles. The van der Waals surface area contributed by atoms with Gasteiger partial charge in [-0.25, -0.2) is 4.79 Å². The van der Waals surface area contributed by atoms with Crippen molar-refractivity contribution >= 4 is 23.4 Å². The Morgan fingerprint density at radius 3 is 2.48 bits per heavy atom. The van der Waals surface area contributed by atoms with Gasteiger partial charge in [0.2, 0.25) is 0 Å². The molecule has 0 atom stereocenters. The molecule has 0 saturated heterocycles. The lowest BCUT2D eigenvalue weighted by molar-refractivity contribution is -0.274. The van der Waals surface area contributed by atoms with Crippen LogP contribution < -0.4 is 10.1 Å². The van der Waals surface area contributed by atoms with Gasteiger partial charge < -0.3 is 14.8 Å². The number of halogens is 3. The third-order valence-corrected chi connectivity index (χ3v) is 3.66. The van der Waals surface area contributed by atoms with E-state index >= 15 is 0 Å². The van der Waals surface area contributed by atoms with Gasteiger partial charge in [-0.3, -0.25) is 0 Å². The van der Waals surface area contributed by atoms with Crippen molar-refractivity contribution in [3.8, 4) is 5.75 Å². The molecule has 21 heavy (non-hydrogen) atoms. The predicted octanol–water partition coefficient (Wildman–Crippen LogP) is 3.17. The van der Waals surface area contributed by atoms with Gasteiger partial charge in [-0.15, -0.1) is 13.2 Å². The molecule has 0 aliphatic carbocycles. The van der Waals surface area contributed by atoms with Crippen molar-refractivity contribution in [2.45, 2.75) is 6.36 Å². The standard InChI is InChI=1S/C13H12F3NO3S/c1-19-12(18)10-6-21-7-11(10)17-8-2-4-9(5-3-8)20-13(14,15)16/h2-5,17H,6-7H2,1H3. The van der Waals surface area contributed by atoms with E-state index < -0.39 is 12.3 Å². The molecular formula is C13H12F3NO3S. The zero-order chi connectivity index (χ0) is 15.5. The lowest BCUT2D eigenvalue weighted by Crippen LogP contribution is -2.17. The molecule has 1 aliphatic rings. The van der Waals surface area contributed by atoms with Gasteiger partial charge in [0.15, 0.2) is 0 Å². The quantitative estimate of drug-likeness (QED) is 0.864. The first-order chi connectivity index (χ1) is 9.89. The first-order valence-electron chi connectivity index (χ1n) is 5.90. The summed E-state index contributed by atoms with van der Waals surface area (Å²) in [7, 11) is 1.30. The van der Waals surface area contributed by atoms with Gasteiger partial charge >= 0.3 is 12.3 Å². The normalized spacial score (nSPS) is 15.0. The van der Waals surface area contributed by atoms with E-state index in [1.165, 1.54) is 31.4 Å². The number of alkyl halides is 3. The van der Waals surface area contributed by atoms with E-state index in [0.29, 0.717) is 28.5 Å². The van der Waals surface area contributed by atoms with Crippen LogP contribution >= 0.6 is 11.8 Å². The maximum atomic E-state index is 12.0. The van der Waals surface area contributed by atoms with Crippen LogP contribution in [0.2, 0.25) is 0 Å². The van der Waals surface area contributed by atoms with Crippen molar-refractivity contribution in [2.24, 2.45) is 0 Å². The third-order valence-electron chi connectivity index (χ3n) is 2.67. The Balaban J connectivity index is 2.08. The van der Waals surface area contributed by atoms with Crippen molar-refractivity contribution in [2.75, 3.05) is 23.9 Å². The van der Waals surface area contributed by atoms with Gasteiger partial charge in [0.1, 0.15) is 5.75 Å². The van der Waals surface area contributed by atoms with Crippen molar-refractivity contribution in [3.05, 3.63) is 35.5 Å². The minimum absolute atomic E-state index is 0.295. The average molecular weight is 319 g/mol. The van der Waals surface area contributed by atoms with Crippen molar-refractivity contribution in [3.63, 3.8) is 0 Å². The summed E-state index contributed by atoms with van der Waals surface area (Å²) in [5.41, 5.74) is 1.82. The van der Waals surface area contributed by atoms with Crippen molar-refractivity contribution < 1.29 is 27.4 Å². The fraction of sp³-hybridized carbons (Fsp3) is 0.308. The Kier molecular flexibility index (Phi) is 4.66. The summed E-state index contributed by atoms with van der Waals surface area (Å²) in [6.07, 6.45) is -4.71. The van der Waals surface area contributed by atoms with Crippen LogP contribution in [-0.2, 0) is 9.53 Å². The lowest BCUT2D eigenvalue weighted by Gasteiger charge is -2.11. The number of methoxy groups -OCH3 is 1. The molecule has 0 amide bonds. The number of hydrogen-bond acceptors (Lipinski definition) is 5. The number of carbonyl (C=O) groups excluding carboxylic acids is 1. The summed E-state index contributed by atoms with van der Waals surface area (Å²) in [4.78, 5) is 11.5. The molecule has 1 aromatic carbocycles. The molecule has 0 spiro atoms. The molecule has 1 N–H and O–H groups in total. The van der Waals surface area contributed by atoms with E-state index in [1.54, 1.807) is 11.8 Å². The Morgan fingerprint density at radius 2 is 1.90 bits per heavy atom. The number of carbonyl (C=O) groups is 1. The number of rotatable bonds is 4. The Labute approximate surface area is 123 Å². The molecule has 2 rings (SSSR count). The summed E-state index contributed by atoms with van der Waals surface area (Å²) in [6, 6.07) is 5.31. The number of benzene rings is 1. The maximum absolute atomic E-state index is 12.0. The second kappa shape index (κ2) is 6.30. The van der Waals surface area contributed by atoms with Gasteiger partial charge in [0, 0.05) is 22.9 Å². The van der Waals surface area contributed by atoms with E-state index in [2.05, 4.69) is 14.8 Å². The topological polar surface area (TPSA) is 47.6 Å². The first-order valence-corrected chi connectivity index (χ1v) is 7.05. The van der Waals surface area contributed by atoms with Crippen LogP contribution in [-0.4, -0.2) is 30.9 Å². The Morgan fingerprint density at radius 1 is 1.24 bits per heavy atom. The largest absolute Gasteiger partial charge is 0.573 e. The van der Waals surface area contributed by atoms with E-state index in [4.69, 9.17) is 0 Å². The predicted molar refractivity (Wildman–Crippen MR) is 73.1 cm³/mol. The fourth-order valence-corrected chi connectivity index (χ4v) is 2.81. The number of esters is 1. The minimum Gasteiger partial charge on any atom is -0.466 e. The zero-order valence-electron chi connectivity index (χ0n) is 11.0. The number of hydrogen-bond donors (Lipinski definition) is 1. The van der Waals surface area contributed by atoms with E-state index in [-0.39, 0.29) is 5.75 Å². The van der Waals surface area contributed by atoms with Gasteiger partial charge in [-0.05, 0) is 24.3 Å². The summed E-state index contributed by atoms with van der Waals surface area (Å²) < 4.78 is 44.6. The smallest absolute Gasteiger partial charge is 0.466 e. The van der Waals surface area contributed by atoms with Gasteiger partial charge in [-0.2, -0.15) is 11.8 Å². The van der Waals surface area contributed by atoms with Crippen molar-refractivity contribution in [1.82, 2.24) is 0 Å². The minimum atomic E-state index is -4.71. The highest BCUT2D eigenvalue weighted by molar-refractivity contribution is 8.00. The van der Waals surface area contributed by atoms with Crippen LogP contribution in [0.15, 0.2) is 35.5 Å². The fourth-order valence-electron chi connectivity index (χ4n) is 1.76. The Bertz CT molecular complexity index is 555. The first kappa shape index (κ1) is 15.6. The molecule has 1 heterocycles. The molecule has 0 unspecified atom stereocenters. The second-order valence-corrected chi connectivity index (χ2v) is 5.12. The highest BCUT2D eigenvalue weighted by Gasteiger charge is 2.31. The van der Waals surface area contributed by atoms with E-state index in [1.807, 2.05) is 0 Å². The summed E-state index contributed by atoms with van der Waals surface area (Å²) in [5, 5.41) is 3.02. The molecule has 0 saturated carbocycles. The second-order valence-electron chi connectivity index (χ2n) is 4.14. The number of ether oxygens (including phenoxy) is 2. The zero-order valence-corrected chi connectivity index (χ0v) is 11.8. The molecule has 0 aromatic heterocycles. The number of anilines is 1. The van der Waals surface area contributed by atoms with Gasteiger partial charge in [0.05, 0.1) is 12.7 Å². The Hall–Kier alpha value is -1.83. The number of thioether (sulfide) groups is 1. The van der Waals surface area contributed by atoms with Crippen LogP contribution in [0.4, 0.5) is 18.9 Å². The monoisotopic (exact) mass is 319 g/mol. The molecule has 1 aromatic rings. The van der Waals surface area contributed by atoms with Crippen LogP contribution in [0.1, 0.15) is 0 Å². The maximum Gasteiger partial charge on any atom is 0.573 e. The average Bonchev–Trinajstić information content (AvgIpc) is 2.86. The third kappa shape index (κ3) is 4.32. The molecule has 8 heteroatoms. The van der Waals surface area contributed by atoms with Gasteiger partial charge in [0.25, 0.3) is 0 Å². The summed E-state index contributed by atoms with van der Waals surface area (Å²) in [6.45, 7) is 0. The molecule has 0 bridgehead atoms. The van der Waals surface area contributed by atoms with Gasteiger partial charge in [-0.1, -0.05) is 0 Å². The lowest BCUT2D eigenvalue weighted by atomic mass is 10.2. The highest BCUT2D eigenvalue weighted by atomic mass is 32.2. The summed E-state index contributed by atoms with van der Waals surface area (Å²) in [5.74, 6) is 0.464. The number of nitrogens with one attached hydrogen (secondary N) is 1. The van der Waals surface area contributed by atoms with Crippen LogP contribution in [0.3, 0.4) is 0 Å².